The minimum Gasteiger partial charge on any atom is -0.496 e. The smallest absolute Gasteiger partial charge is 0.346 e. The Morgan fingerprint density at radius 3 is 2.15 bits per heavy atom. The maximum absolute atomic E-state index is 13.1. The van der Waals surface area contributed by atoms with Crippen LogP contribution in [0.1, 0.15) is 22.0 Å². The van der Waals surface area contributed by atoms with E-state index in [0.29, 0.717) is 5.56 Å². The number of methoxy groups -OCH3 is 2. The van der Waals surface area contributed by atoms with Gasteiger partial charge in [-0.15, -0.1) is 0 Å². The largest absolute Gasteiger partial charge is 0.496 e. The molecule has 3 rings (SSSR count). The van der Waals surface area contributed by atoms with Crippen LogP contribution in [0.5, 0.6) is 11.5 Å². The van der Waals surface area contributed by atoms with Crippen molar-refractivity contribution < 1.29 is 28.7 Å². The summed E-state index contributed by atoms with van der Waals surface area (Å²) in [5.41, 5.74) is 0.311. The van der Waals surface area contributed by atoms with E-state index in [2.05, 4.69) is 5.32 Å². The lowest BCUT2D eigenvalue weighted by Gasteiger charge is -2.20. The first kappa shape index (κ1) is 23.6. The third-order valence-electron chi connectivity index (χ3n) is 4.62. The SMILES string of the molecule is COc1cccc(OC)c1C(=O)OC(C(=O)Nc1ccc([N+](=O)[O-])cc1Cl)c1ccccc1. The van der Waals surface area contributed by atoms with Crippen LogP contribution < -0.4 is 14.8 Å². The van der Waals surface area contributed by atoms with Crippen molar-refractivity contribution in [1.82, 2.24) is 0 Å². The average molecular weight is 471 g/mol. The number of amides is 1. The highest BCUT2D eigenvalue weighted by atomic mass is 35.5. The molecule has 0 spiro atoms. The molecule has 1 amide bonds. The molecule has 0 saturated heterocycles. The zero-order valence-electron chi connectivity index (χ0n) is 17.6. The van der Waals surface area contributed by atoms with E-state index in [0.717, 1.165) is 6.07 Å². The van der Waals surface area contributed by atoms with Gasteiger partial charge in [0.25, 0.3) is 11.6 Å². The van der Waals surface area contributed by atoms with Gasteiger partial charge in [0.15, 0.2) is 0 Å². The number of esters is 1. The lowest BCUT2D eigenvalue weighted by Crippen LogP contribution is -2.26. The van der Waals surface area contributed by atoms with Crippen LogP contribution in [-0.2, 0) is 9.53 Å². The summed E-state index contributed by atoms with van der Waals surface area (Å²) in [6.45, 7) is 0. The van der Waals surface area contributed by atoms with Gasteiger partial charge in [0, 0.05) is 17.7 Å². The summed E-state index contributed by atoms with van der Waals surface area (Å²) >= 11 is 6.09. The Morgan fingerprint density at radius 2 is 1.61 bits per heavy atom. The van der Waals surface area contributed by atoms with Crippen molar-refractivity contribution in [3.63, 3.8) is 0 Å². The number of non-ortho nitro benzene ring substituents is 1. The summed E-state index contributed by atoms with van der Waals surface area (Å²) in [5, 5.41) is 13.4. The van der Waals surface area contributed by atoms with E-state index in [1.807, 2.05) is 0 Å². The van der Waals surface area contributed by atoms with Crippen LogP contribution >= 0.6 is 11.6 Å². The Labute approximate surface area is 194 Å². The molecule has 3 aromatic carbocycles. The van der Waals surface area contributed by atoms with Crippen molar-refractivity contribution in [3.05, 3.63) is 93.0 Å². The first-order valence-electron chi connectivity index (χ1n) is 9.57. The number of halogens is 1. The normalized spacial score (nSPS) is 11.2. The van der Waals surface area contributed by atoms with Gasteiger partial charge in [-0.1, -0.05) is 48.0 Å². The van der Waals surface area contributed by atoms with Gasteiger partial charge in [-0.05, 0) is 18.2 Å². The van der Waals surface area contributed by atoms with E-state index >= 15 is 0 Å². The number of benzene rings is 3. The van der Waals surface area contributed by atoms with Gasteiger partial charge in [0.2, 0.25) is 6.10 Å². The predicted molar refractivity (Wildman–Crippen MR) is 121 cm³/mol. The first-order chi connectivity index (χ1) is 15.8. The molecule has 3 aromatic rings. The Bertz CT molecular complexity index is 1160. The maximum Gasteiger partial charge on any atom is 0.346 e. The molecule has 9 nitrogen and oxygen atoms in total. The Morgan fingerprint density at radius 1 is 0.970 bits per heavy atom. The molecule has 33 heavy (non-hydrogen) atoms. The highest BCUT2D eigenvalue weighted by Gasteiger charge is 2.29. The number of ether oxygens (including phenoxy) is 3. The second-order valence-electron chi connectivity index (χ2n) is 6.64. The van der Waals surface area contributed by atoms with Crippen molar-refractivity contribution >= 4 is 34.9 Å². The molecule has 0 aromatic heterocycles. The zero-order valence-corrected chi connectivity index (χ0v) is 18.4. The Balaban J connectivity index is 1.93. The predicted octanol–water partition coefficient (Wildman–Crippen LogP) is 4.80. The molecule has 10 heteroatoms. The number of nitro groups is 1. The molecule has 1 N–H and O–H groups in total. The third-order valence-corrected chi connectivity index (χ3v) is 4.93. The van der Waals surface area contributed by atoms with Crippen LogP contribution in [0.25, 0.3) is 0 Å². The van der Waals surface area contributed by atoms with E-state index < -0.39 is 22.9 Å². The lowest BCUT2D eigenvalue weighted by atomic mass is 10.1. The minimum atomic E-state index is -1.36. The van der Waals surface area contributed by atoms with Crippen molar-refractivity contribution in [3.8, 4) is 11.5 Å². The van der Waals surface area contributed by atoms with Crippen molar-refractivity contribution in [1.29, 1.82) is 0 Å². The van der Waals surface area contributed by atoms with Crippen LogP contribution in [0, 0.1) is 10.1 Å². The molecule has 0 heterocycles. The fourth-order valence-electron chi connectivity index (χ4n) is 3.04. The van der Waals surface area contributed by atoms with Crippen molar-refractivity contribution in [2.24, 2.45) is 0 Å². The fourth-order valence-corrected chi connectivity index (χ4v) is 3.26. The van der Waals surface area contributed by atoms with Gasteiger partial charge < -0.3 is 19.5 Å². The quantitative estimate of drug-likeness (QED) is 0.285. The van der Waals surface area contributed by atoms with E-state index in [1.165, 1.54) is 26.4 Å². The lowest BCUT2D eigenvalue weighted by molar-refractivity contribution is -0.384. The summed E-state index contributed by atoms with van der Waals surface area (Å²) < 4.78 is 16.1. The molecule has 0 saturated carbocycles. The summed E-state index contributed by atoms with van der Waals surface area (Å²) in [4.78, 5) is 36.5. The third kappa shape index (κ3) is 5.39. The maximum atomic E-state index is 13.1. The fraction of sp³-hybridized carbons (Fsp3) is 0.130. The highest BCUT2D eigenvalue weighted by Crippen LogP contribution is 2.32. The van der Waals surface area contributed by atoms with Gasteiger partial charge in [-0.25, -0.2) is 4.79 Å². The molecule has 0 fully saturated rings. The van der Waals surface area contributed by atoms with Crippen LogP contribution in [-0.4, -0.2) is 31.0 Å². The van der Waals surface area contributed by atoms with E-state index in [1.54, 1.807) is 48.5 Å². The number of nitrogens with zero attached hydrogens (tertiary/aromatic N) is 1. The van der Waals surface area contributed by atoms with Crippen LogP contribution in [0.4, 0.5) is 11.4 Å². The zero-order chi connectivity index (χ0) is 24.0. The molecule has 0 bridgehead atoms. The standard InChI is InChI=1S/C23H19ClN2O7/c1-31-18-9-6-10-19(32-2)20(18)23(28)33-21(14-7-4-3-5-8-14)22(27)25-17-12-11-15(26(29)30)13-16(17)24/h3-13,21H,1-2H3,(H,25,27). The highest BCUT2D eigenvalue weighted by molar-refractivity contribution is 6.34. The summed E-state index contributed by atoms with van der Waals surface area (Å²) in [6.07, 6.45) is -1.36. The van der Waals surface area contributed by atoms with E-state index in [-0.39, 0.29) is 33.5 Å². The first-order valence-corrected chi connectivity index (χ1v) is 9.95. The molecule has 1 atom stereocenters. The average Bonchev–Trinajstić information content (AvgIpc) is 2.83. The number of carbonyl (C=O) groups excluding carboxylic acids is 2. The molecule has 170 valence electrons. The molecule has 0 radical (unpaired) electrons. The molecule has 0 aliphatic carbocycles. The minimum absolute atomic E-state index is 0.0181. The summed E-state index contributed by atoms with van der Waals surface area (Å²) in [7, 11) is 2.78. The van der Waals surface area contributed by atoms with Crippen LogP contribution in [0.15, 0.2) is 66.7 Å². The van der Waals surface area contributed by atoms with Crippen molar-refractivity contribution in [2.75, 3.05) is 19.5 Å². The summed E-state index contributed by atoms with van der Waals surface area (Å²) in [6, 6.07) is 16.7. The number of hydrogen-bond acceptors (Lipinski definition) is 7. The second kappa shape index (κ2) is 10.5. The van der Waals surface area contributed by atoms with Crippen LogP contribution in [0.3, 0.4) is 0 Å². The number of hydrogen-bond donors (Lipinski definition) is 1. The number of nitro benzene ring substituents is 1. The summed E-state index contributed by atoms with van der Waals surface area (Å²) in [5.74, 6) is -1.13. The second-order valence-corrected chi connectivity index (χ2v) is 7.05. The Hall–Kier alpha value is -4.11. The number of carbonyl (C=O) groups is 2. The Kier molecular flexibility index (Phi) is 7.47. The molecular weight excluding hydrogens is 452 g/mol. The van der Waals surface area contributed by atoms with Gasteiger partial charge in [0.05, 0.1) is 29.9 Å². The monoisotopic (exact) mass is 470 g/mol. The molecule has 1 unspecified atom stereocenters. The van der Waals surface area contributed by atoms with Gasteiger partial charge >= 0.3 is 5.97 Å². The van der Waals surface area contributed by atoms with Gasteiger partial charge in [0.1, 0.15) is 17.1 Å². The topological polar surface area (TPSA) is 117 Å². The number of rotatable bonds is 8. The number of anilines is 1. The molecule has 0 aliphatic rings. The molecular formula is C23H19ClN2O7. The molecule has 0 aliphatic heterocycles. The van der Waals surface area contributed by atoms with Gasteiger partial charge in [-0.2, -0.15) is 0 Å². The van der Waals surface area contributed by atoms with Gasteiger partial charge in [-0.3, -0.25) is 14.9 Å². The van der Waals surface area contributed by atoms with E-state index in [4.69, 9.17) is 25.8 Å². The van der Waals surface area contributed by atoms with Crippen LogP contribution in [0.2, 0.25) is 5.02 Å². The number of nitrogens with one attached hydrogen (secondary N) is 1. The van der Waals surface area contributed by atoms with Crippen molar-refractivity contribution in [2.45, 2.75) is 6.10 Å². The van der Waals surface area contributed by atoms with E-state index in [9.17, 15) is 19.7 Å².